The van der Waals surface area contributed by atoms with Crippen molar-refractivity contribution in [2.45, 2.75) is 44.6 Å². The molecule has 19 heavy (non-hydrogen) atoms. The van der Waals surface area contributed by atoms with E-state index in [1.807, 2.05) is 6.92 Å². The van der Waals surface area contributed by atoms with Crippen molar-refractivity contribution in [2.75, 3.05) is 11.9 Å². The summed E-state index contributed by atoms with van der Waals surface area (Å²) in [5.41, 5.74) is 0.983. The first-order chi connectivity index (χ1) is 9.14. The van der Waals surface area contributed by atoms with E-state index in [0.29, 0.717) is 11.0 Å². The molecule has 1 aliphatic rings. The van der Waals surface area contributed by atoms with Gasteiger partial charge in [0.2, 0.25) is 5.13 Å². The van der Waals surface area contributed by atoms with Gasteiger partial charge >= 0.3 is 6.03 Å². The second kappa shape index (κ2) is 6.29. The molecule has 106 valence electrons. The molecule has 0 bridgehead atoms. The molecular formula is C12H20N4O2S. The molecule has 1 aliphatic carbocycles. The fraction of sp³-hybridized carbons (Fsp3) is 0.750. The highest BCUT2D eigenvalue weighted by Gasteiger charge is 2.35. The number of carbonyl (C=O) groups excluding carboxylic acids is 1. The van der Waals surface area contributed by atoms with Crippen LogP contribution in [0, 0.1) is 5.92 Å². The van der Waals surface area contributed by atoms with Crippen molar-refractivity contribution in [1.29, 1.82) is 0 Å². The van der Waals surface area contributed by atoms with Crippen LogP contribution < -0.4 is 10.6 Å². The summed E-state index contributed by atoms with van der Waals surface area (Å²) in [6, 6.07) is -0.334. The van der Waals surface area contributed by atoms with Crippen LogP contribution in [0.2, 0.25) is 0 Å². The highest BCUT2D eigenvalue weighted by Crippen LogP contribution is 2.32. The SMILES string of the molecule is CC(CO)(NC(=O)Nc1nncs1)C1CCCCC1. The van der Waals surface area contributed by atoms with Gasteiger partial charge in [0, 0.05) is 0 Å². The molecule has 7 heteroatoms. The number of aliphatic hydroxyl groups is 1. The van der Waals surface area contributed by atoms with Crippen molar-refractivity contribution in [3.63, 3.8) is 0 Å². The first-order valence-electron chi connectivity index (χ1n) is 6.60. The molecule has 1 aromatic rings. The lowest BCUT2D eigenvalue weighted by atomic mass is 9.76. The van der Waals surface area contributed by atoms with Crippen LogP contribution in [-0.2, 0) is 0 Å². The van der Waals surface area contributed by atoms with Gasteiger partial charge in [0.15, 0.2) is 0 Å². The van der Waals surface area contributed by atoms with Crippen LogP contribution in [0.15, 0.2) is 5.51 Å². The van der Waals surface area contributed by atoms with Crippen LogP contribution in [0.5, 0.6) is 0 Å². The minimum atomic E-state index is -0.574. The number of amides is 2. The second-order valence-corrected chi connectivity index (χ2v) is 6.07. The van der Waals surface area contributed by atoms with E-state index < -0.39 is 5.54 Å². The molecule has 1 fully saturated rings. The molecule has 0 radical (unpaired) electrons. The maximum Gasteiger partial charge on any atom is 0.321 e. The summed E-state index contributed by atoms with van der Waals surface area (Å²) in [7, 11) is 0. The predicted octanol–water partition coefficient (Wildman–Crippen LogP) is 1.99. The van der Waals surface area contributed by atoms with E-state index in [-0.39, 0.29) is 12.6 Å². The Balaban J connectivity index is 1.94. The number of hydrogen-bond donors (Lipinski definition) is 3. The minimum Gasteiger partial charge on any atom is -0.394 e. The zero-order chi connectivity index (χ0) is 13.7. The maximum absolute atomic E-state index is 11.9. The molecule has 2 amide bonds. The number of aromatic nitrogens is 2. The van der Waals surface area contributed by atoms with E-state index >= 15 is 0 Å². The molecule has 0 aliphatic heterocycles. The third-order valence-corrected chi connectivity index (χ3v) is 4.42. The Bertz CT molecular complexity index is 406. The van der Waals surface area contributed by atoms with Crippen LogP contribution in [0.1, 0.15) is 39.0 Å². The largest absolute Gasteiger partial charge is 0.394 e. The quantitative estimate of drug-likeness (QED) is 0.789. The fourth-order valence-electron chi connectivity index (χ4n) is 2.63. The normalized spacial score (nSPS) is 19.7. The highest BCUT2D eigenvalue weighted by atomic mass is 32.1. The third kappa shape index (κ3) is 3.63. The van der Waals surface area contributed by atoms with E-state index in [2.05, 4.69) is 20.8 Å². The summed E-state index contributed by atoms with van der Waals surface area (Å²) in [4.78, 5) is 11.9. The summed E-state index contributed by atoms with van der Waals surface area (Å²) in [5, 5.41) is 23.0. The lowest BCUT2D eigenvalue weighted by Crippen LogP contribution is -2.55. The Labute approximate surface area is 116 Å². The van der Waals surface area contributed by atoms with E-state index in [1.165, 1.54) is 30.6 Å². The number of rotatable bonds is 4. The molecule has 0 aromatic carbocycles. The molecule has 1 aromatic heterocycles. The molecular weight excluding hydrogens is 264 g/mol. The number of nitrogens with one attached hydrogen (secondary N) is 2. The maximum atomic E-state index is 11.9. The smallest absolute Gasteiger partial charge is 0.321 e. The highest BCUT2D eigenvalue weighted by molar-refractivity contribution is 7.13. The summed E-state index contributed by atoms with van der Waals surface area (Å²) in [5.74, 6) is 0.325. The molecule has 1 unspecified atom stereocenters. The average Bonchev–Trinajstić information content (AvgIpc) is 2.92. The molecule has 1 saturated carbocycles. The Morgan fingerprint density at radius 2 is 2.26 bits per heavy atom. The number of hydrogen-bond acceptors (Lipinski definition) is 5. The van der Waals surface area contributed by atoms with E-state index in [4.69, 9.17) is 0 Å². The first-order valence-corrected chi connectivity index (χ1v) is 7.48. The topological polar surface area (TPSA) is 87.1 Å². The third-order valence-electron chi connectivity index (χ3n) is 3.81. The first kappa shape index (κ1) is 14.2. The summed E-state index contributed by atoms with van der Waals surface area (Å²) >= 11 is 1.26. The van der Waals surface area contributed by atoms with Gasteiger partial charge in [0.05, 0.1) is 12.1 Å². The number of aliphatic hydroxyl groups excluding tert-OH is 1. The van der Waals surface area contributed by atoms with Crippen molar-refractivity contribution in [1.82, 2.24) is 15.5 Å². The van der Waals surface area contributed by atoms with Crippen molar-refractivity contribution < 1.29 is 9.90 Å². The lowest BCUT2D eigenvalue weighted by Gasteiger charge is -2.39. The number of anilines is 1. The standard InChI is InChI=1S/C12H20N4O2S/c1-12(7-17,9-5-3-2-4-6-9)15-10(18)14-11-16-13-8-19-11/h8-9,17H,2-7H2,1H3,(H2,14,15,16,18). The Morgan fingerprint density at radius 3 is 2.84 bits per heavy atom. The molecule has 0 saturated heterocycles. The van der Waals surface area contributed by atoms with Gasteiger partial charge in [-0.1, -0.05) is 30.6 Å². The molecule has 1 atom stereocenters. The number of urea groups is 1. The number of nitrogens with zero attached hydrogens (tertiary/aromatic N) is 2. The van der Waals surface area contributed by atoms with Gasteiger partial charge in [0.1, 0.15) is 5.51 Å². The zero-order valence-electron chi connectivity index (χ0n) is 11.1. The van der Waals surface area contributed by atoms with Gasteiger partial charge in [0.25, 0.3) is 0 Å². The predicted molar refractivity (Wildman–Crippen MR) is 74.1 cm³/mol. The molecule has 3 N–H and O–H groups in total. The van der Waals surface area contributed by atoms with Crippen molar-refractivity contribution in [2.24, 2.45) is 5.92 Å². The van der Waals surface area contributed by atoms with Crippen LogP contribution in [0.3, 0.4) is 0 Å². The summed E-state index contributed by atoms with van der Waals surface area (Å²) < 4.78 is 0. The molecule has 6 nitrogen and oxygen atoms in total. The van der Waals surface area contributed by atoms with Gasteiger partial charge < -0.3 is 10.4 Å². The second-order valence-electron chi connectivity index (χ2n) is 5.23. The molecule has 0 spiro atoms. The molecule has 1 heterocycles. The van der Waals surface area contributed by atoms with Gasteiger partial charge in [-0.05, 0) is 25.7 Å². The zero-order valence-corrected chi connectivity index (χ0v) is 11.9. The van der Waals surface area contributed by atoms with E-state index in [1.54, 1.807) is 5.51 Å². The average molecular weight is 284 g/mol. The van der Waals surface area contributed by atoms with Crippen molar-refractivity contribution in [3.05, 3.63) is 5.51 Å². The summed E-state index contributed by atoms with van der Waals surface area (Å²) in [6.07, 6.45) is 5.68. The van der Waals surface area contributed by atoms with E-state index in [9.17, 15) is 9.90 Å². The number of carbonyl (C=O) groups is 1. The summed E-state index contributed by atoms with van der Waals surface area (Å²) in [6.45, 7) is 1.85. The van der Waals surface area contributed by atoms with Gasteiger partial charge in [-0.15, -0.1) is 10.2 Å². The minimum absolute atomic E-state index is 0.0544. The monoisotopic (exact) mass is 284 g/mol. The van der Waals surface area contributed by atoms with Gasteiger partial charge in [-0.3, -0.25) is 5.32 Å². The Morgan fingerprint density at radius 1 is 1.53 bits per heavy atom. The van der Waals surface area contributed by atoms with E-state index in [0.717, 1.165) is 12.8 Å². The fourth-order valence-corrected chi connectivity index (χ4v) is 3.07. The van der Waals surface area contributed by atoms with Crippen LogP contribution in [-0.4, -0.2) is 33.5 Å². The van der Waals surface area contributed by atoms with Gasteiger partial charge in [-0.25, -0.2) is 4.79 Å². The molecule has 2 rings (SSSR count). The Hall–Kier alpha value is -1.21. The lowest BCUT2D eigenvalue weighted by molar-refractivity contribution is 0.103. The van der Waals surface area contributed by atoms with Crippen molar-refractivity contribution in [3.8, 4) is 0 Å². The van der Waals surface area contributed by atoms with Crippen LogP contribution >= 0.6 is 11.3 Å². The van der Waals surface area contributed by atoms with Crippen molar-refractivity contribution >= 4 is 22.5 Å². The Kier molecular flexibility index (Phi) is 4.71. The van der Waals surface area contributed by atoms with Crippen LogP contribution in [0.4, 0.5) is 9.93 Å². The van der Waals surface area contributed by atoms with Crippen LogP contribution in [0.25, 0.3) is 0 Å². The van der Waals surface area contributed by atoms with Gasteiger partial charge in [-0.2, -0.15) is 0 Å².